The number of rotatable bonds is 6. The zero-order chi connectivity index (χ0) is 13.7. The number of benzene rings is 1. The summed E-state index contributed by atoms with van der Waals surface area (Å²) in [6.45, 7) is 0.860. The van der Waals surface area contributed by atoms with E-state index in [0.717, 1.165) is 11.3 Å². The van der Waals surface area contributed by atoms with Crippen LogP contribution in [0.4, 0.5) is 0 Å². The Hall–Kier alpha value is -2.27. The maximum absolute atomic E-state index is 7.44. The van der Waals surface area contributed by atoms with Gasteiger partial charge in [0.1, 0.15) is 24.0 Å². The van der Waals surface area contributed by atoms with Crippen molar-refractivity contribution in [2.75, 3.05) is 7.11 Å². The lowest BCUT2D eigenvalue weighted by atomic mass is 10.1. The molecule has 1 aromatic carbocycles. The topological polar surface area (TPSA) is 81.5 Å². The summed E-state index contributed by atoms with van der Waals surface area (Å²) in [6.07, 6.45) is 1.61. The molecule has 0 bridgehead atoms. The van der Waals surface area contributed by atoms with Gasteiger partial charge in [-0.15, -0.1) is 0 Å². The van der Waals surface area contributed by atoms with Crippen molar-refractivity contribution >= 4 is 5.84 Å². The first-order valence-corrected chi connectivity index (χ1v) is 5.82. The molecule has 0 fully saturated rings. The number of amidine groups is 1. The van der Waals surface area contributed by atoms with Crippen LogP contribution in [0.1, 0.15) is 16.9 Å². The number of nitrogen functional groups attached to an aromatic ring is 1. The molecular weight excluding hydrogens is 244 g/mol. The first-order valence-electron chi connectivity index (χ1n) is 5.82. The molecule has 0 saturated carbocycles. The second-order valence-corrected chi connectivity index (χ2v) is 4.02. The van der Waals surface area contributed by atoms with Gasteiger partial charge in [0.05, 0.1) is 25.5 Å². The lowest BCUT2D eigenvalue weighted by Crippen LogP contribution is -2.12. The Kier molecular flexibility index (Phi) is 4.20. The fourth-order valence-corrected chi connectivity index (χ4v) is 1.71. The Bertz CT molecular complexity index is 550. The zero-order valence-electron chi connectivity index (χ0n) is 10.7. The van der Waals surface area contributed by atoms with E-state index in [9.17, 15) is 0 Å². The van der Waals surface area contributed by atoms with Crippen LogP contribution in [0.3, 0.4) is 0 Å². The molecule has 100 valence electrons. The molecule has 0 amide bonds. The standard InChI is InChI=1S/C14H16N2O3/c1-17-13-7-10(4-5-12(13)14(15)16)8-18-9-11-3-2-6-19-11/h2-7H,8-9H2,1H3,(H3,15,16). The second-order valence-electron chi connectivity index (χ2n) is 4.02. The van der Waals surface area contributed by atoms with Gasteiger partial charge < -0.3 is 19.6 Å². The van der Waals surface area contributed by atoms with Crippen molar-refractivity contribution in [1.82, 2.24) is 0 Å². The van der Waals surface area contributed by atoms with Gasteiger partial charge in [0.15, 0.2) is 0 Å². The predicted octanol–water partition coefficient (Wildman–Crippen LogP) is 2.29. The van der Waals surface area contributed by atoms with E-state index in [-0.39, 0.29) is 5.84 Å². The van der Waals surface area contributed by atoms with Crippen molar-refractivity contribution in [3.63, 3.8) is 0 Å². The molecule has 1 heterocycles. The van der Waals surface area contributed by atoms with E-state index in [1.807, 2.05) is 24.3 Å². The first kappa shape index (κ1) is 13.2. The summed E-state index contributed by atoms with van der Waals surface area (Å²) in [5.74, 6) is 1.35. The Morgan fingerprint density at radius 2 is 2.16 bits per heavy atom. The molecule has 2 aromatic rings. The molecule has 0 aliphatic carbocycles. The van der Waals surface area contributed by atoms with E-state index in [1.165, 1.54) is 0 Å². The first-order chi connectivity index (χ1) is 9.20. The minimum atomic E-state index is -0.0140. The van der Waals surface area contributed by atoms with Crippen molar-refractivity contribution < 1.29 is 13.9 Å². The van der Waals surface area contributed by atoms with Crippen LogP contribution in [0, 0.1) is 5.41 Å². The molecule has 19 heavy (non-hydrogen) atoms. The van der Waals surface area contributed by atoms with Crippen molar-refractivity contribution in [3.05, 3.63) is 53.5 Å². The van der Waals surface area contributed by atoms with E-state index >= 15 is 0 Å². The molecule has 5 heteroatoms. The molecule has 0 aliphatic rings. The number of hydrogen-bond donors (Lipinski definition) is 2. The third kappa shape index (κ3) is 3.35. The maximum atomic E-state index is 7.44. The van der Waals surface area contributed by atoms with E-state index in [1.54, 1.807) is 19.4 Å². The quantitative estimate of drug-likeness (QED) is 0.616. The largest absolute Gasteiger partial charge is 0.496 e. The molecule has 2 rings (SSSR count). The summed E-state index contributed by atoms with van der Waals surface area (Å²) >= 11 is 0. The summed E-state index contributed by atoms with van der Waals surface area (Å²) in [6, 6.07) is 9.12. The highest BCUT2D eigenvalue weighted by Gasteiger charge is 2.07. The van der Waals surface area contributed by atoms with Gasteiger partial charge >= 0.3 is 0 Å². The zero-order valence-corrected chi connectivity index (χ0v) is 10.7. The second kappa shape index (κ2) is 6.06. The average molecular weight is 260 g/mol. The number of ether oxygens (including phenoxy) is 2. The summed E-state index contributed by atoms with van der Waals surface area (Å²) in [4.78, 5) is 0. The van der Waals surface area contributed by atoms with Crippen LogP contribution in [0.25, 0.3) is 0 Å². The van der Waals surface area contributed by atoms with Crippen LogP contribution in [0.15, 0.2) is 41.0 Å². The van der Waals surface area contributed by atoms with Gasteiger partial charge in [0.25, 0.3) is 0 Å². The summed E-state index contributed by atoms with van der Waals surface area (Å²) in [7, 11) is 1.55. The predicted molar refractivity (Wildman–Crippen MR) is 71.2 cm³/mol. The van der Waals surface area contributed by atoms with Gasteiger partial charge in [0.2, 0.25) is 0 Å². The average Bonchev–Trinajstić information content (AvgIpc) is 2.91. The molecule has 0 saturated heterocycles. The Morgan fingerprint density at radius 3 is 2.79 bits per heavy atom. The number of nitrogens with one attached hydrogen (secondary N) is 1. The fourth-order valence-electron chi connectivity index (χ4n) is 1.71. The molecule has 3 N–H and O–H groups in total. The molecule has 5 nitrogen and oxygen atoms in total. The molecule has 0 unspecified atom stereocenters. The highest BCUT2D eigenvalue weighted by Crippen LogP contribution is 2.20. The van der Waals surface area contributed by atoms with Gasteiger partial charge in [-0.25, -0.2) is 0 Å². The van der Waals surface area contributed by atoms with Crippen molar-refractivity contribution in [2.45, 2.75) is 13.2 Å². The van der Waals surface area contributed by atoms with Crippen LogP contribution in [0.2, 0.25) is 0 Å². The monoisotopic (exact) mass is 260 g/mol. The minimum absolute atomic E-state index is 0.0140. The number of hydrogen-bond acceptors (Lipinski definition) is 4. The fraction of sp³-hybridized carbons (Fsp3) is 0.214. The molecular formula is C14H16N2O3. The van der Waals surface area contributed by atoms with Crippen LogP contribution < -0.4 is 10.5 Å². The van der Waals surface area contributed by atoms with Crippen molar-refractivity contribution in [3.8, 4) is 5.75 Å². The van der Waals surface area contributed by atoms with Crippen LogP contribution in [-0.2, 0) is 18.0 Å². The summed E-state index contributed by atoms with van der Waals surface area (Å²) < 4.78 is 15.9. The molecule has 0 aliphatic heterocycles. The van der Waals surface area contributed by atoms with Gasteiger partial charge in [-0.05, 0) is 29.8 Å². The van der Waals surface area contributed by atoms with Crippen LogP contribution in [0.5, 0.6) is 5.75 Å². The van der Waals surface area contributed by atoms with E-state index in [2.05, 4.69) is 0 Å². The molecule has 1 aromatic heterocycles. The number of nitrogens with two attached hydrogens (primary N) is 1. The summed E-state index contributed by atoms with van der Waals surface area (Å²) in [5, 5.41) is 7.44. The SMILES string of the molecule is COc1cc(COCc2ccco2)ccc1C(=N)N. The highest BCUT2D eigenvalue weighted by molar-refractivity contribution is 5.97. The van der Waals surface area contributed by atoms with Crippen molar-refractivity contribution in [2.24, 2.45) is 5.73 Å². The van der Waals surface area contributed by atoms with Gasteiger partial charge in [-0.2, -0.15) is 0 Å². The Balaban J connectivity index is 1.99. The Morgan fingerprint density at radius 1 is 1.32 bits per heavy atom. The normalized spacial score (nSPS) is 10.4. The van der Waals surface area contributed by atoms with Crippen LogP contribution >= 0.6 is 0 Å². The van der Waals surface area contributed by atoms with Gasteiger partial charge in [-0.1, -0.05) is 6.07 Å². The maximum Gasteiger partial charge on any atom is 0.130 e. The van der Waals surface area contributed by atoms with Gasteiger partial charge in [-0.3, -0.25) is 5.41 Å². The molecule has 0 spiro atoms. The minimum Gasteiger partial charge on any atom is -0.496 e. The lowest BCUT2D eigenvalue weighted by molar-refractivity contribution is 0.0928. The highest BCUT2D eigenvalue weighted by atomic mass is 16.5. The smallest absolute Gasteiger partial charge is 0.130 e. The Labute approximate surface area is 111 Å². The van der Waals surface area contributed by atoms with Crippen molar-refractivity contribution in [1.29, 1.82) is 5.41 Å². The van der Waals surface area contributed by atoms with E-state index in [4.69, 9.17) is 25.0 Å². The molecule has 0 atom stereocenters. The third-order valence-corrected chi connectivity index (χ3v) is 2.65. The number of furan rings is 1. The number of methoxy groups -OCH3 is 1. The van der Waals surface area contributed by atoms with Gasteiger partial charge in [0, 0.05) is 0 Å². The molecule has 0 radical (unpaired) electrons. The van der Waals surface area contributed by atoms with E-state index < -0.39 is 0 Å². The third-order valence-electron chi connectivity index (χ3n) is 2.65. The summed E-state index contributed by atoms with van der Waals surface area (Å²) in [5.41, 5.74) is 7.00. The lowest BCUT2D eigenvalue weighted by Gasteiger charge is -2.09. The van der Waals surface area contributed by atoms with Crippen LogP contribution in [-0.4, -0.2) is 12.9 Å². The van der Waals surface area contributed by atoms with E-state index in [0.29, 0.717) is 24.5 Å².